The largest absolute Gasteiger partial charge is 0.207 e. The van der Waals surface area contributed by atoms with Gasteiger partial charge in [-0.25, -0.2) is 8.78 Å². The molecule has 0 heterocycles. The third kappa shape index (κ3) is 2.91. The van der Waals surface area contributed by atoms with Gasteiger partial charge in [-0.05, 0) is 24.6 Å². The Morgan fingerprint density at radius 3 is 2.37 bits per heavy atom. The van der Waals surface area contributed by atoms with Gasteiger partial charge in [0, 0.05) is 16.1 Å². The second-order valence-corrected chi connectivity index (χ2v) is 4.51. The molecule has 0 spiro atoms. The summed E-state index contributed by atoms with van der Waals surface area (Å²) < 4.78 is 27.3. The average molecular weight is 278 g/mol. The topological polar surface area (TPSA) is 23.8 Å². The number of nitrogens with zero attached hydrogens (tertiary/aromatic N) is 1. The molecule has 2 aromatic rings. The Bertz CT molecular complexity index is 614. The third-order valence-corrected chi connectivity index (χ3v) is 3.26. The Morgan fingerprint density at radius 1 is 1.05 bits per heavy atom. The Labute approximate surface area is 115 Å². The van der Waals surface area contributed by atoms with Crippen LogP contribution in [0.15, 0.2) is 42.5 Å². The molecule has 19 heavy (non-hydrogen) atoms. The van der Waals surface area contributed by atoms with Gasteiger partial charge in [0.15, 0.2) is 0 Å². The summed E-state index contributed by atoms with van der Waals surface area (Å²) in [7, 11) is 0. The minimum absolute atomic E-state index is 0.0446. The molecule has 2 aromatic carbocycles. The van der Waals surface area contributed by atoms with Crippen LogP contribution in [-0.4, -0.2) is 0 Å². The molecule has 0 N–H and O–H groups in total. The molecule has 0 fully saturated rings. The van der Waals surface area contributed by atoms with Crippen molar-refractivity contribution in [1.82, 2.24) is 0 Å². The summed E-state index contributed by atoms with van der Waals surface area (Å²) in [5, 5.41) is 9.41. The van der Waals surface area contributed by atoms with Crippen molar-refractivity contribution >= 4 is 11.6 Å². The van der Waals surface area contributed by atoms with Crippen LogP contribution in [0.25, 0.3) is 0 Å². The maximum atomic E-state index is 13.7. The van der Waals surface area contributed by atoms with E-state index in [4.69, 9.17) is 16.9 Å². The lowest BCUT2D eigenvalue weighted by atomic mass is 9.92. The molecule has 96 valence electrons. The minimum Gasteiger partial charge on any atom is -0.207 e. The first-order valence-corrected chi connectivity index (χ1v) is 6.08. The van der Waals surface area contributed by atoms with Crippen molar-refractivity contribution < 1.29 is 8.78 Å². The number of rotatable bonds is 3. The Hall–Kier alpha value is -1.92. The van der Waals surface area contributed by atoms with Gasteiger partial charge in [-0.1, -0.05) is 35.9 Å². The molecular formula is C15H10ClF2N. The number of hydrogen-bond acceptors (Lipinski definition) is 1. The fourth-order valence-electron chi connectivity index (χ4n) is 1.91. The van der Waals surface area contributed by atoms with Crippen molar-refractivity contribution in [2.45, 2.75) is 12.3 Å². The molecular weight excluding hydrogens is 268 g/mol. The zero-order valence-electron chi connectivity index (χ0n) is 9.91. The predicted molar refractivity (Wildman–Crippen MR) is 69.9 cm³/mol. The quantitative estimate of drug-likeness (QED) is 0.812. The van der Waals surface area contributed by atoms with E-state index in [9.17, 15) is 8.78 Å². The van der Waals surface area contributed by atoms with Crippen LogP contribution < -0.4 is 0 Å². The Balaban J connectivity index is 2.36. The van der Waals surface area contributed by atoms with E-state index >= 15 is 0 Å². The van der Waals surface area contributed by atoms with Crippen LogP contribution in [0.1, 0.15) is 17.0 Å². The zero-order valence-corrected chi connectivity index (χ0v) is 10.7. The fourth-order valence-corrected chi connectivity index (χ4v) is 2.15. The predicted octanol–water partition coefficient (Wildman–Crippen LogP) is 4.47. The van der Waals surface area contributed by atoms with Crippen molar-refractivity contribution in [3.8, 4) is 6.07 Å². The first kappa shape index (κ1) is 13.5. The van der Waals surface area contributed by atoms with E-state index in [2.05, 4.69) is 0 Å². The summed E-state index contributed by atoms with van der Waals surface area (Å²) in [6, 6.07) is 12.3. The van der Waals surface area contributed by atoms with E-state index in [0.717, 1.165) is 0 Å². The summed E-state index contributed by atoms with van der Waals surface area (Å²) in [6.07, 6.45) is 0.0446. The van der Waals surface area contributed by atoms with Crippen LogP contribution >= 0.6 is 11.6 Å². The molecule has 0 aliphatic rings. The van der Waals surface area contributed by atoms with Crippen molar-refractivity contribution in [3.05, 3.63) is 70.2 Å². The van der Waals surface area contributed by atoms with Gasteiger partial charge >= 0.3 is 0 Å². The fraction of sp³-hybridized carbons (Fsp3) is 0.133. The molecule has 1 nitrogen and oxygen atoms in total. The number of nitriles is 1. The molecule has 2 rings (SSSR count). The summed E-state index contributed by atoms with van der Waals surface area (Å²) >= 11 is 5.91. The van der Waals surface area contributed by atoms with Crippen LogP contribution in [0.5, 0.6) is 0 Å². The Morgan fingerprint density at radius 2 is 1.74 bits per heavy atom. The number of hydrogen-bond donors (Lipinski definition) is 0. The first-order chi connectivity index (χ1) is 9.13. The van der Waals surface area contributed by atoms with Gasteiger partial charge in [0.2, 0.25) is 0 Å². The summed E-state index contributed by atoms with van der Waals surface area (Å²) in [5.41, 5.74) is 0.489. The highest BCUT2D eigenvalue weighted by molar-refractivity contribution is 6.31. The van der Waals surface area contributed by atoms with Crippen LogP contribution in [0.3, 0.4) is 0 Å². The second-order valence-electron chi connectivity index (χ2n) is 4.11. The first-order valence-electron chi connectivity index (χ1n) is 5.70. The van der Waals surface area contributed by atoms with E-state index in [1.54, 1.807) is 18.2 Å². The highest BCUT2D eigenvalue weighted by Gasteiger charge is 2.19. The number of benzene rings is 2. The summed E-state index contributed by atoms with van der Waals surface area (Å²) in [4.78, 5) is 0. The van der Waals surface area contributed by atoms with E-state index < -0.39 is 17.6 Å². The zero-order chi connectivity index (χ0) is 13.8. The summed E-state index contributed by atoms with van der Waals surface area (Å²) in [6.45, 7) is 0. The lowest BCUT2D eigenvalue weighted by molar-refractivity contribution is 0.585. The number of halogens is 3. The van der Waals surface area contributed by atoms with Gasteiger partial charge in [0.05, 0.1) is 12.0 Å². The van der Waals surface area contributed by atoms with Gasteiger partial charge in [-0.15, -0.1) is 0 Å². The molecule has 0 radical (unpaired) electrons. The van der Waals surface area contributed by atoms with Gasteiger partial charge < -0.3 is 0 Å². The molecule has 0 aliphatic carbocycles. The van der Waals surface area contributed by atoms with Crippen LogP contribution in [0.4, 0.5) is 8.78 Å². The normalized spacial score (nSPS) is 11.9. The van der Waals surface area contributed by atoms with E-state index in [0.29, 0.717) is 0 Å². The van der Waals surface area contributed by atoms with Crippen LogP contribution in [0, 0.1) is 23.0 Å². The standard InChI is InChI=1S/C15H10ClF2N/c16-13-5-3-7-15(18)12(13)8-10(9-19)11-4-1-2-6-14(11)17/h1-7,10H,8H2. The summed E-state index contributed by atoms with van der Waals surface area (Å²) in [5.74, 6) is -1.72. The third-order valence-electron chi connectivity index (χ3n) is 2.91. The van der Waals surface area contributed by atoms with Crippen molar-refractivity contribution in [2.75, 3.05) is 0 Å². The van der Waals surface area contributed by atoms with Gasteiger partial charge in [-0.3, -0.25) is 0 Å². The van der Waals surface area contributed by atoms with E-state index in [1.165, 1.54) is 24.3 Å². The monoisotopic (exact) mass is 277 g/mol. The minimum atomic E-state index is -0.768. The molecule has 0 bridgehead atoms. The molecule has 1 atom stereocenters. The Kier molecular flexibility index (Phi) is 4.13. The smallest absolute Gasteiger partial charge is 0.127 e. The maximum absolute atomic E-state index is 13.7. The molecule has 1 unspecified atom stereocenters. The maximum Gasteiger partial charge on any atom is 0.127 e. The second kappa shape index (κ2) is 5.81. The van der Waals surface area contributed by atoms with Crippen LogP contribution in [-0.2, 0) is 6.42 Å². The molecule has 4 heteroatoms. The van der Waals surface area contributed by atoms with Gasteiger partial charge in [0.25, 0.3) is 0 Å². The van der Waals surface area contributed by atoms with Gasteiger partial charge in [0.1, 0.15) is 11.6 Å². The van der Waals surface area contributed by atoms with Crippen molar-refractivity contribution in [2.24, 2.45) is 0 Å². The van der Waals surface area contributed by atoms with Crippen molar-refractivity contribution in [3.63, 3.8) is 0 Å². The van der Waals surface area contributed by atoms with Crippen LogP contribution in [0.2, 0.25) is 5.02 Å². The molecule has 0 amide bonds. The van der Waals surface area contributed by atoms with Crippen molar-refractivity contribution in [1.29, 1.82) is 5.26 Å². The molecule has 0 aliphatic heterocycles. The van der Waals surface area contributed by atoms with Gasteiger partial charge in [-0.2, -0.15) is 5.26 Å². The van der Waals surface area contributed by atoms with E-state index in [-0.39, 0.29) is 22.6 Å². The van der Waals surface area contributed by atoms with E-state index in [1.807, 2.05) is 6.07 Å². The highest BCUT2D eigenvalue weighted by Crippen LogP contribution is 2.28. The lowest BCUT2D eigenvalue weighted by Gasteiger charge is -2.12. The lowest BCUT2D eigenvalue weighted by Crippen LogP contribution is -2.05. The SMILES string of the molecule is N#CC(Cc1c(F)cccc1Cl)c1ccccc1F. The molecule has 0 saturated carbocycles. The average Bonchev–Trinajstić information content (AvgIpc) is 2.40. The molecule has 0 aromatic heterocycles. The highest BCUT2D eigenvalue weighted by atomic mass is 35.5. The molecule has 0 saturated heterocycles.